The Kier molecular flexibility index (Phi) is 3.35. The molecule has 106 valence electrons. The van der Waals surface area contributed by atoms with Crippen molar-refractivity contribution in [1.82, 2.24) is 0 Å². The Morgan fingerprint density at radius 2 is 1.57 bits per heavy atom. The van der Waals surface area contributed by atoms with Crippen LogP contribution in [0.25, 0.3) is 10.9 Å². The lowest BCUT2D eigenvalue weighted by molar-refractivity contribution is -0.609. The summed E-state index contributed by atoms with van der Waals surface area (Å²) in [4.78, 5) is 2.83. The molecule has 0 aliphatic carbocycles. The van der Waals surface area contributed by atoms with Crippen LogP contribution in [0.1, 0.15) is 5.56 Å². The highest BCUT2D eigenvalue weighted by Crippen LogP contribution is 2.11. The average Bonchev–Trinajstić information content (AvgIpc) is 2.48. The molecule has 3 aromatic rings. The lowest BCUT2D eigenvalue weighted by atomic mass is 10.2. The van der Waals surface area contributed by atoms with Gasteiger partial charge >= 0.3 is 10.0 Å². The minimum Gasteiger partial charge on any atom is -0.197 e. The van der Waals surface area contributed by atoms with E-state index in [1.807, 2.05) is 37.3 Å². The van der Waals surface area contributed by atoms with Gasteiger partial charge in [-0.3, -0.25) is 0 Å². The first-order valence-corrected chi connectivity index (χ1v) is 8.03. The van der Waals surface area contributed by atoms with Crippen LogP contribution in [0.2, 0.25) is 0 Å². The standard InChI is InChI=1S/C16H15N2O2S/c1-13-8-10-15(11-9-13)21(19,20)17-18-12-4-6-14-5-2-3-7-16(14)18/h2-12,17H,1H3/q+1. The van der Waals surface area contributed by atoms with E-state index in [-0.39, 0.29) is 4.90 Å². The second-order valence-corrected chi connectivity index (χ2v) is 6.51. The third-order valence-electron chi connectivity index (χ3n) is 3.26. The topological polar surface area (TPSA) is 50.1 Å². The SMILES string of the molecule is Cc1ccc(S(=O)(=O)N[n+]2cccc3ccccc32)cc1. The number of sulfonamides is 1. The Morgan fingerprint density at radius 3 is 2.33 bits per heavy atom. The number of para-hydroxylation sites is 1. The number of hydrogen-bond acceptors (Lipinski definition) is 2. The van der Waals surface area contributed by atoms with E-state index < -0.39 is 10.0 Å². The van der Waals surface area contributed by atoms with Crippen LogP contribution in [0.4, 0.5) is 0 Å². The van der Waals surface area contributed by atoms with E-state index in [1.54, 1.807) is 36.5 Å². The van der Waals surface area contributed by atoms with Crippen LogP contribution in [0.15, 0.2) is 71.8 Å². The summed E-state index contributed by atoms with van der Waals surface area (Å²) >= 11 is 0. The first-order chi connectivity index (χ1) is 10.1. The van der Waals surface area contributed by atoms with E-state index in [1.165, 1.54) is 4.68 Å². The van der Waals surface area contributed by atoms with Gasteiger partial charge in [-0.05, 0) is 31.2 Å². The van der Waals surface area contributed by atoms with Crippen molar-refractivity contribution in [1.29, 1.82) is 0 Å². The van der Waals surface area contributed by atoms with E-state index in [4.69, 9.17) is 0 Å². The average molecular weight is 299 g/mol. The Balaban J connectivity index is 2.03. The molecule has 0 amide bonds. The third-order valence-corrected chi connectivity index (χ3v) is 4.59. The molecule has 0 spiro atoms. The molecular formula is C16H15N2O2S+. The molecule has 0 saturated heterocycles. The van der Waals surface area contributed by atoms with E-state index in [0.717, 1.165) is 16.5 Å². The molecule has 0 bridgehead atoms. The lowest BCUT2D eigenvalue weighted by Gasteiger charge is -2.05. The summed E-state index contributed by atoms with van der Waals surface area (Å²) in [7, 11) is -3.61. The third kappa shape index (κ3) is 2.73. The number of rotatable bonds is 3. The molecule has 0 aliphatic heterocycles. The molecule has 3 rings (SSSR count). The number of nitrogens with one attached hydrogen (secondary N) is 1. The van der Waals surface area contributed by atoms with Crippen molar-refractivity contribution >= 4 is 20.9 Å². The predicted octanol–water partition coefficient (Wildman–Crippen LogP) is 2.37. The molecule has 2 aromatic carbocycles. The summed E-state index contributed by atoms with van der Waals surface area (Å²) in [6.45, 7) is 1.92. The summed E-state index contributed by atoms with van der Waals surface area (Å²) < 4.78 is 26.4. The fourth-order valence-corrected chi connectivity index (χ4v) is 3.16. The van der Waals surface area contributed by atoms with Crippen molar-refractivity contribution < 1.29 is 13.1 Å². The zero-order valence-electron chi connectivity index (χ0n) is 11.5. The quantitative estimate of drug-likeness (QED) is 0.755. The summed E-state index contributed by atoms with van der Waals surface area (Å²) in [6, 6.07) is 18.1. The van der Waals surface area contributed by atoms with Gasteiger partial charge in [0.25, 0.3) is 0 Å². The fraction of sp³-hybridized carbons (Fsp3) is 0.0625. The molecule has 1 N–H and O–H groups in total. The normalized spacial score (nSPS) is 11.5. The molecule has 0 unspecified atom stereocenters. The first-order valence-electron chi connectivity index (χ1n) is 6.55. The zero-order valence-corrected chi connectivity index (χ0v) is 12.3. The molecule has 0 aliphatic rings. The number of aromatic nitrogens is 1. The van der Waals surface area contributed by atoms with Gasteiger partial charge in [0.1, 0.15) is 0 Å². The van der Waals surface area contributed by atoms with E-state index in [0.29, 0.717) is 0 Å². The number of pyridine rings is 1. The van der Waals surface area contributed by atoms with Crippen LogP contribution < -0.4 is 9.51 Å². The second-order valence-electron chi connectivity index (χ2n) is 4.84. The van der Waals surface area contributed by atoms with Crippen molar-refractivity contribution in [2.45, 2.75) is 11.8 Å². The Morgan fingerprint density at radius 1 is 0.905 bits per heavy atom. The Labute approximate surface area is 123 Å². The highest BCUT2D eigenvalue weighted by atomic mass is 32.2. The van der Waals surface area contributed by atoms with Gasteiger partial charge in [0.2, 0.25) is 11.7 Å². The van der Waals surface area contributed by atoms with Gasteiger partial charge < -0.3 is 0 Å². The Hall–Kier alpha value is -2.40. The van der Waals surface area contributed by atoms with Crippen LogP contribution in [0.5, 0.6) is 0 Å². The van der Waals surface area contributed by atoms with Crippen LogP contribution in [-0.2, 0) is 10.0 Å². The minimum atomic E-state index is -3.61. The van der Waals surface area contributed by atoms with Gasteiger partial charge in [0.15, 0.2) is 0 Å². The molecule has 4 nitrogen and oxygen atoms in total. The Bertz CT molecular complexity index is 882. The van der Waals surface area contributed by atoms with Crippen molar-refractivity contribution in [2.75, 3.05) is 4.83 Å². The van der Waals surface area contributed by atoms with Crippen LogP contribution >= 0.6 is 0 Å². The number of fused-ring (bicyclic) bond motifs is 1. The maximum absolute atomic E-state index is 12.4. The summed E-state index contributed by atoms with van der Waals surface area (Å²) in [6.07, 6.45) is 1.69. The number of nitrogens with zero attached hydrogens (tertiary/aromatic N) is 1. The molecule has 21 heavy (non-hydrogen) atoms. The van der Waals surface area contributed by atoms with Gasteiger partial charge in [-0.25, -0.2) is 0 Å². The van der Waals surface area contributed by atoms with Gasteiger partial charge in [0, 0.05) is 17.5 Å². The van der Waals surface area contributed by atoms with Crippen molar-refractivity contribution in [3.8, 4) is 0 Å². The van der Waals surface area contributed by atoms with Gasteiger partial charge in [-0.1, -0.05) is 39.3 Å². The maximum atomic E-state index is 12.4. The van der Waals surface area contributed by atoms with E-state index >= 15 is 0 Å². The number of aryl methyl sites for hydroxylation is 1. The van der Waals surface area contributed by atoms with Gasteiger partial charge in [-0.15, -0.1) is 0 Å². The molecule has 5 heteroatoms. The smallest absolute Gasteiger partial charge is 0.197 e. The van der Waals surface area contributed by atoms with Crippen molar-refractivity contribution in [3.05, 3.63) is 72.4 Å². The van der Waals surface area contributed by atoms with Crippen LogP contribution in [0, 0.1) is 6.92 Å². The highest BCUT2D eigenvalue weighted by Gasteiger charge is 2.20. The lowest BCUT2D eigenvalue weighted by Crippen LogP contribution is -2.48. The van der Waals surface area contributed by atoms with Crippen molar-refractivity contribution in [3.63, 3.8) is 0 Å². The zero-order chi connectivity index (χ0) is 14.9. The summed E-state index contributed by atoms with van der Waals surface area (Å²) in [5.74, 6) is 0. The van der Waals surface area contributed by atoms with E-state index in [9.17, 15) is 8.42 Å². The number of hydrogen-bond donors (Lipinski definition) is 1. The monoisotopic (exact) mass is 299 g/mol. The molecule has 1 aromatic heterocycles. The first kappa shape index (κ1) is 13.6. The summed E-state index contributed by atoms with van der Waals surface area (Å²) in [5.41, 5.74) is 1.82. The molecule has 0 fully saturated rings. The van der Waals surface area contributed by atoms with Gasteiger partial charge in [0.05, 0.1) is 4.90 Å². The number of benzene rings is 2. The van der Waals surface area contributed by atoms with Crippen LogP contribution in [-0.4, -0.2) is 8.42 Å². The molecule has 0 radical (unpaired) electrons. The maximum Gasteiger partial charge on any atom is 0.306 e. The van der Waals surface area contributed by atoms with Crippen LogP contribution in [0.3, 0.4) is 0 Å². The predicted molar refractivity (Wildman–Crippen MR) is 81.9 cm³/mol. The molecule has 0 saturated carbocycles. The van der Waals surface area contributed by atoms with E-state index in [2.05, 4.69) is 4.83 Å². The fourth-order valence-electron chi connectivity index (χ4n) is 2.14. The highest BCUT2D eigenvalue weighted by molar-refractivity contribution is 7.92. The largest absolute Gasteiger partial charge is 0.306 e. The minimum absolute atomic E-state index is 0.244. The second kappa shape index (κ2) is 5.18. The summed E-state index contributed by atoms with van der Waals surface area (Å²) in [5, 5.41) is 0.964. The molecular weight excluding hydrogens is 284 g/mol. The molecule has 1 heterocycles. The molecule has 0 atom stereocenters. The van der Waals surface area contributed by atoms with Gasteiger partial charge in [-0.2, -0.15) is 8.42 Å². The van der Waals surface area contributed by atoms with Crippen molar-refractivity contribution in [2.24, 2.45) is 0 Å².